The minimum Gasteiger partial charge on any atom is -0.326 e. The lowest BCUT2D eigenvalue weighted by atomic mass is 10.1. The maximum Gasteiger partial charge on any atom is 0.241 e. The molecule has 1 fully saturated rings. The molecule has 0 spiro atoms. The van der Waals surface area contributed by atoms with Crippen molar-refractivity contribution in [3.63, 3.8) is 0 Å². The van der Waals surface area contributed by atoms with E-state index >= 15 is 0 Å². The maximum absolute atomic E-state index is 12.2. The van der Waals surface area contributed by atoms with Gasteiger partial charge >= 0.3 is 0 Å². The van der Waals surface area contributed by atoms with Crippen LogP contribution in [0.5, 0.6) is 0 Å². The average molecular weight is 255 g/mol. The predicted octanol–water partition coefficient (Wildman–Crippen LogP) is 1.52. The third-order valence-electron chi connectivity index (χ3n) is 3.58. The summed E-state index contributed by atoms with van der Waals surface area (Å²) in [5.74, 6) is 0.764. The Morgan fingerprint density at radius 3 is 2.50 bits per heavy atom. The molecule has 0 aromatic heterocycles. The summed E-state index contributed by atoms with van der Waals surface area (Å²) >= 11 is 0. The van der Waals surface area contributed by atoms with Gasteiger partial charge in [-0.2, -0.15) is 0 Å². The van der Waals surface area contributed by atoms with Crippen LogP contribution in [0.4, 0.5) is 0 Å². The monoisotopic (exact) mass is 255 g/mol. The van der Waals surface area contributed by atoms with E-state index in [4.69, 9.17) is 0 Å². The molecule has 1 heterocycles. The van der Waals surface area contributed by atoms with Gasteiger partial charge < -0.3 is 9.80 Å². The van der Waals surface area contributed by atoms with E-state index < -0.39 is 0 Å². The van der Waals surface area contributed by atoms with Crippen LogP contribution in [0.25, 0.3) is 0 Å². The van der Waals surface area contributed by atoms with E-state index in [-0.39, 0.29) is 12.2 Å². The second-order valence-corrected chi connectivity index (χ2v) is 5.86. The number of carbonyl (C=O) groups excluding carboxylic acids is 1. The normalized spacial score (nSPS) is 24.6. The molecule has 1 amide bonds. The first kappa shape index (κ1) is 15.4. The molecule has 1 aliphatic rings. The Balaban J connectivity index is 2.47. The van der Waals surface area contributed by atoms with Gasteiger partial charge in [0.15, 0.2) is 0 Å². The molecule has 0 bridgehead atoms. The van der Waals surface area contributed by atoms with Gasteiger partial charge in [-0.25, -0.2) is 0 Å². The van der Waals surface area contributed by atoms with Gasteiger partial charge in [0, 0.05) is 6.54 Å². The molecule has 1 saturated heterocycles. The lowest BCUT2D eigenvalue weighted by Crippen LogP contribution is -2.42. The van der Waals surface area contributed by atoms with Crippen LogP contribution in [0.15, 0.2) is 0 Å². The van der Waals surface area contributed by atoms with E-state index in [1.807, 2.05) is 0 Å². The highest BCUT2D eigenvalue weighted by Gasteiger charge is 2.38. The summed E-state index contributed by atoms with van der Waals surface area (Å²) < 4.78 is 0. The summed E-state index contributed by atoms with van der Waals surface area (Å²) in [6.45, 7) is 8.41. The van der Waals surface area contributed by atoms with Gasteiger partial charge in [0.25, 0.3) is 0 Å². The molecule has 2 unspecified atom stereocenters. The Bertz CT molecular complexity index is 266. The fraction of sp³-hybridized carbons (Fsp3) is 0.929. The van der Waals surface area contributed by atoms with E-state index in [0.717, 1.165) is 32.4 Å². The van der Waals surface area contributed by atoms with Gasteiger partial charge in [-0.3, -0.25) is 10.1 Å². The Labute approximate surface area is 112 Å². The summed E-state index contributed by atoms with van der Waals surface area (Å²) in [6, 6.07) is 0.0336. The number of hydrogen-bond acceptors (Lipinski definition) is 3. The van der Waals surface area contributed by atoms with Crippen molar-refractivity contribution in [2.45, 2.75) is 52.2 Å². The summed E-state index contributed by atoms with van der Waals surface area (Å²) in [6.07, 6.45) is 3.35. The molecule has 0 aromatic rings. The van der Waals surface area contributed by atoms with E-state index in [1.54, 1.807) is 0 Å². The van der Waals surface area contributed by atoms with Crippen molar-refractivity contribution in [2.24, 2.45) is 5.92 Å². The molecule has 18 heavy (non-hydrogen) atoms. The number of nitrogens with zero attached hydrogens (tertiary/aromatic N) is 2. The van der Waals surface area contributed by atoms with E-state index in [0.29, 0.717) is 11.8 Å². The molecule has 4 heteroatoms. The highest BCUT2D eigenvalue weighted by atomic mass is 16.2. The molecule has 1 N–H and O–H groups in total. The van der Waals surface area contributed by atoms with Crippen LogP contribution in [0, 0.1) is 5.92 Å². The average Bonchev–Trinajstić information content (AvgIpc) is 2.61. The van der Waals surface area contributed by atoms with E-state index in [2.05, 4.69) is 50.0 Å². The smallest absolute Gasteiger partial charge is 0.241 e. The van der Waals surface area contributed by atoms with Crippen molar-refractivity contribution < 1.29 is 4.79 Å². The van der Waals surface area contributed by atoms with Crippen LogP contribution in [-0.4, -0.2) is 55.1 Å². The standard InChI is InChI=1S/C14H29N3O/c1-6-12-14(18)17(13(15-12)11(2)3)10-8-7-9-16(4)5/h11-13,15H,6-10H2,1-5H3. The molecule has 4 nitrogen and oxygen atoms in total. The van der Waals surface area contributed by atoms with Crippen LogP contribution in [-0.2, 0) is 4.79 Å². The minimum absolute atomic E-state index is 0.0336. The molecule has 0 aliphatic carbocycles. The van der Waals surface area contributed by atoms with Crippen molar-refractivity contribution in [3.05, 3.63) is 0 Å². The largest absolute Gasteiger partial charge is 0.326 e. The Kier molecular flexibility index (Phi) is 6.09. The summed E-state index contributed by atoms with van der Waals surface area (Å²) in [4.78, 5) is 16.5. The summed E-state index contributed by atoms with van der Waals surface area (Å²) in [5.41, 5.74) is 0. The quantitative estimate of drug-likeness (QED) is 0.701. The van der Waals surface area contributed by atoms with Gasteiger partial charge in [0.2, 0.25) is 5.91 Å². The highest BCUT2D eigenvalue weighted by Crippen LogP contribution is 2.19. The third kappa shape index (κ3) is 3.95. The molecule has 2 atom stereocenters. The lowest BCUT2D eigenvalue weighted by Gasteiger charge is -2.27. The third-order valence-corrected chi connectivity index (χ3v) is 3.58. The Morgan fingerprint density at radius 2 is 2.00 bits per heavy atom. The van der Waals surface area contributed by atoms with Crippen molar-refractivity contribution in [1.82, 2.24) is 15.1 Å². The Hall–Kier alpha value is -0.610. The summed E-state index contributed by atoms with van der Waals surface area (Å²) in [5, 5.41) is 3.46. The second-order valence-electron chi connectivity index (χ2n) is 5.86. The zero-order valence-electron chi connectivity index (χ0n) is 12.6. The molecular weight excluding hydrogens is 226 g/mol. The van der Waals surface area contributed by atoms with Gasteiger partial charge in [-0.05, 0) is 45.8 Å². The number of carbonyl (C=O) groups is 1. The number of unbranched alkanes of at least 4 members (excludes halogenated alkanes) is 1. The van der Waals surface area contributed by atoms with Crippen molar-refractivity contribution in [1.29, 1.82) is 0 Å². The molecule has 106 valence electrons. The van der Waals surface area contributed by atoms with Gasteiger partial charge in [0.1, 0.15) is 0 Å². The zero-order valence-corrected chi connectivity index (χ0v) is 12.6. The SMILES string of the molecule is CCC1NC(C(C)C)N(CCCCN(C)C)C1=O. The van der Waals surface area contributed by atoms with Crippen LogP contribution >= 0.6 is 0 Å². The van der Waals surface area contributed by atoms with Crippen molar-refractivity contribution in [3.8, 4) is 0 Å². The van der Waals surface area contributed by atoms with Crippen LogP contribution in [0.1, 0.15) is 40.0 Å². The fourth-order valence-electron chi connectivity index (χ4n) is 2.51. The first-order valence-electron chi connectivity index (χ1n) is 7.18. The second kappa shape index (κ2) is 7.10. The lowest BCUT2D eigenvalue weighted by molar-refractivity contribution is -0.130. The highest BCUT2D eigenvalue weighted by molar-refractivity contribution is 5.84. The van der Waals surface area contributed by atoms with Crippen LogP contribution < -0.4 is 5.32 Å². The zero-order chi connectivity index (χ0) is 13.7. The van der Waals surface area contributed by atoms with E-state index in [1.165, 1.54) is 0 Å². The summed E-state index contributed by atoms with van der Waals surface area (Å²) in [7, 11) is 4.18. The number of nitrogens with one attached hydrogen (secondary N) is 1. The maximum atomic E-state index is 12.2. The molecule has 0 radical (unpaired) electrons. The van der Waals surface area contributed by atoms with Crippen LogP contribution in [0.2, 0.25) is 0 Å². The molecule has 0 aromatic carbocycles. The first-order valence-corrected chi connectivity index (χ1v) is 7.18. The number of amides is 1. The number of hydrogen-bond donors (Lipinski definition) is 1. The Morgan fingerprint density at radius 1 is 1.33 bits per heavy atom. The van der Waals surface area contributed by atoms with Gasteiger partial charge in [-0.1, -0.05) is 20.8 Å². The molecule has 1 rings (SSSR count). The van der Waals surface area contributed by atoms with Crippen molar-refractivity contribution in [2.75, 3.05) is 27.2 Å². The topological polar surface area (TPSA) is 35.6 Å². The van der Waals surface area contributed by atoms with E-state index in [9.17, 15) is 4.79 Å². The number of rotatable bonds is 7. The molecule has 0 saturated carbocycles. The van der Waals surface area contributed by atoms with Crippen LogP contribution in [0.3, 0.4) is 0 Å². The first-order chi connectivity index (χ1) is 8.47. The minimum atomic E-state index is 0.0336. The van der Waals surface area contributed by atoms with Gasteiger partial charge in [-0.15, -0.1) is 0 Å². The van der Waals surface area contributed by atoms with Crippen molar-refractivity contribution >= 4 is 5.91 Å². The molecular formula is C14H29N3O. The predicted molar refractivity (Wildman–Crippen MR) is 75.3 cm³/mol. The van der Waals surface area contributed by atoms with Gasteiger partial charge in [0.05, 0.1) is 12.2 Å². The molecule has 1 aliphatic heterocycles. The fourth-order valence-corrected chi connectivity index (χ4v) is 2.51.